The number of carbonyl (C=O) groups is 2. The first-order valence-corrected chi connectivity index (χ1v) is 11.1. The Morgan fingerprint density at radius 1 is 1.07 bits per heavy atom. The molecule has 5 rings (SSSR count). The molecule has 3 saturated heterocycles. The minimum Gasteiger partial charge on any atom is -0.337 e. The van der Waals surface area contributed by atoms with Gasteiger partial charge in [0, 0.05) is 31.2 Å². The molecular formula is C19H25N3O4S. The van der Waals surface area contributed by atoms with E-state index in [1.165, 1.54) is 43.5 Å². The Morgan fingerprint density at radius 3 is 2.37 bits per heavy atom. The van der Waals surface area contributed by atoms with Crippen molar-refractivity contribution in [3.8, 4) is 0 Å². The van der Waals surface area contributed by atoms with Gasteiger partial charge in [0.25, 0.3) is 5.91 Å². The normalized spacial score (nSPS) is 26.0. The van der Waals surface area contributed by atoms with E-state index in [9.17, 15) is 18.0 Å². The number of primary sulfonamides is 1. The fourth-order valence-electron chi connectivity index (χ4n) is 4.37. The highest BCUT2D eigenvalue weighted by atomic mass is 32.2. The first kappa shape index (κ1) is 18.4. The van der Waals surface area contributed by atoms with Gasteiger partial charge in [0.05, 0.1) is 10.8 Å². The van der Waals surface area contributed by atoms with Crippen LogP contribution in [0.1, 0.15) is 42.5 Å². The molecule has 1 aromatic rings. The second-order valence-electron chi connectivity index (χ2n) is 8.00. The number of rotatable bonds is 4. The monoisotopic (exact) mass is 391 g/mol. The van der Waals surface area contributed by atoms with Crippen LogP contribution in [0.15, 0.2) is 29.2 Å². The number of piperidine rings is 1. The van der Waals surface area contributed by atoms with Crippen LogP contribution in [0.3, 0.4) is 0 Å². The number of hydrogen-bond acceptors (Lipinski definition) is 4. The lowest BCUT2D eigenvalue weighted by Crippen LogP contribution is -2.50. The number of benzene rings is 1. The summed E-state index contributed by atoms with van der Waals surface area (Å²) in [5, 5.41) is 5.11. The van der Waals surface area contributed by atoms with E-state index < -0.39 is 10.0 Å². The zero-order valence-corrected chi connectivity index (χ0v) is 16.0. The summed E-state index contributed by atoms with van der Waals surface area (Å²) in [5.41, 5.74) is 0.418. The van der Waals surface area contributed by atoms with E-state index in [1.54, 1.807) is 4.90 Å². The molecule has 3 heterocycles. The number of hydrogen-bond donors (Lipinski definition) is 1. The van der Waals surface area contributed by atoms with Crippen molar-refractivity contribution >= 4 is 21.8 Å². The van der Waals surface area contributed by atoms with E-state index in [4.69, 9.17) is 5.14 Å². The van der Waals surface area contributed by atoms with Crippen LogP contribution in [-0.2, 0) is 14.8 Å². The Kier molecular flexibility index (Phi) is 4.71. The summed E-state index contributed by atoms with van der Waals surface area (Å²) in [6.07, 6.45) is 5.41. The van der Waals surface area contributed by atoms with Crippen molar-refractivity contribution in [3.05, 3.63) is 29.8 Å². The van der Waals surface area contributed by atoms with Gasteiger partial charge in [-0.2, -0.15) is 0 Å². The SMILES string of the molecule is NS(=O)(=O)c1ccc(C(=O)N2C[C@H]3CC[C@@H](C2)N(CC2CCC2)C3=O)cc1. The van der Waals surface area contributed by atoms with Gasteiger partial charge in [0.2, 0.25) is 15.9 Å². The predicted molar refractivity (Wildman–Crippen MR) is 99.3 cm³/mol. The Balaban J connectivity index is 1.51. The number of fused-ring (bicyclic) bond motifs is 4. The molecule has 1 saturated carbocycles. The average Bonchev–Trinajstić information content (AvgIpc) is 2.88. The molecule has 0 radical (unpaired) electrons. The molecule has 1 aliphatic carbocycles. The third-order valence-electron chi connectivity index (χ3n) is 6.19. The van der Waals surface area contributed by atoms with Crippen LogP contribution in [0.25, 0.3) is 0 Å². The van der Waals surface area contributed by atoms with Crippen LogP contribution < -0.4 is 5.14 Å². The minimum absolute atomic E-state index is 0.0168. The molecule has 27 heavy (non-hydrogen) atoms. The highest BCUT2D eigenvalue weighted by Crippen LogP contribution is 2.34. The number of nitrogens with zero attached hydrogens (tertiary/aromatic N) is 2. The topological polar surface area (TPSA) is 101 Å². The van der Waals surface area contributed by atoms with E-state index in [1.807, 2.05) is 4.90 Å². The van der Waals surface area contributed by atoms with Gasteiger partial charge in [-0.3, -0.25) is 9.59 Å². The highest BCUT2D eigenvalue weighted by Gasteiger charge is 2.43. The smallest absolute Gasteiger partial charge is 0.253 e. The zero-order chi connectivity index (χ0) is 19.2. The van der Waals surface area contributed by atoms with Gasteiger partial charge in [-0.05, 0) is 55.9 Å². The quantitative estimate of drug-likeness (QED) is 0.833. The summed E-state index contributed by atoms with van der Waals surface area (Å²) >= 11 is 0. The van der Waals surface area contributed by atoms with Gasteiger partial charge < -0.3 is 9.80 Å². The molecule has 0 spiro atoms. The van der Waals surface area contributed by atoms with Crippen molar-refractivity contribution in [2.75, 3.05) is 19.6 Å². The summed E-state index contributed by atoms with van der Waals surface area (Å²) < 4.78 is 22.8. The maximum Gasteiger partial charge on any atom is 0.253 e. The first-order chi connectivity index (χ1) is 12.8. The molecule has 0 aromatic heterocycles. The third-order valence-corrected chi connectivity index (χ3v) is 7.12. The fraction of sp³-hybridized carbons (Fsp3) is 0.579. The molecule has 8 heteroatoms. The van der Waals surface area contributed by atoms with Crippen LogP contribution in [0.4, 0.5) is 0 Å². The van der Waals surface area contributed by atoms with Crippen LogP contribution in [0.2, 0.25) is 0 Å². The maximum absolute atomic E-state index is 13.0. The summed E-state index contributed by atoms with van der Waals surface area (Å²) in [4.78, 5) is 29.6. The van der Waals surface area contributed by atoms with Crippen molar-refractivity contribution < 1.29 is 18.0 Å². The predicted octanol–water partition coefficient (Wildman–Crippen LogP) is 1.20. The molecule has 4 aliphatic rings. The van der Waals surface area contributed by atoms with E-state index in [2.05, 4.69) is 0 Å². The number of carbonyl (C=O) groups excluding carboxylic acids is 2. The zero-order valence-electron chi connectivity index (χ0n) is 15.2. The van der Waals surface area contributed by atoms with Crippen LogP contribution >= 0.6 is 0 Å². The Morgan fingerprint density at radius 2 is 1.78 bits per heavy atom. The molecule has 0 unspecified atom stereocenters. The van der Waals surface area contributed by atoms with Crippen molar-refractivity contribution in [2.24, 2.45) is 17.0 Å². The van der Waals surface area contributed by atoms with Crippen molar-refractivity contribution in [2.45, 2.75) is 43.0 Å². The number of sulfonamides is 1. The molecule has 1 aromatic carbocycles. The average molecular weight is 391 g/mol. The van der Waals surface area contributed by atoms with Crippen molar-refractivity contribution in [1.29, 1.82) is 0 Å². The van der Waals surface area contributed by atoms with E-state index in [-0.39, 0.29) is 28.7 Å². The number of nitrogens with two attached hydrogens (primary N) is 1. The molecule has 2 atom stereocenters. The van der Waals surface area contributed by atoms with Gasteiger partial charge in [-0.15, -0.1) is 0 Å². The molecule has 3 aliphatic heterocycles. The lowest BCUT2D eigenvalue weighted by Gasteiger charge is -2.40. The first-order valence-electron chi connectivity index (χ1n) is 9.55. The molecule has 7 nitrogen and oxygen atoms in total. The summed E-state index contributed by atoms with van der Waals surface area (Å²) in [6, 6.07) is 5.77. The van der Waals surface area contributed by atoms with E-state index >= 15 is 0 Å². The van der Waals surface area contributed by atoms with Gasteiger partial charge in [0.1, 0.15) is 0 Å². The van der Waals surface area contributed by atoms with Crippen molar-refractivity contribution in [3.63, 3.8) is 0 Å². The standard InChI is InChI=1S/C19H25N3O4S/c20-27(25,26)17-8-5-14(6-9-17)18(23)21-11-15-4-7-16(12-21)22(19(15)24)10-13-2-1-3-13/h5-6,8-9,13,15-16H,1-4,7,10-12H2,(H2,20,25,26)/t15-,16+/m1/s1. The summed E-state index contributed by atoms with van der Waals surface area (Å²) in [6.45, 7) is 1.81. The van der Waals surface area contributed by atoms with Crippen LogP contribution in [0.5, 0.6) is 0 Å². The largest absolute Gasteiger partial charge is 0.337 e. The van der Waals surface area contributed by atoms with Gasteiger partial charge >= 0.3 is 0 Å². The van der Waals surface area contributed by atoms with E-state index in [0.717, 1.165) is 19.4 Å². The van der Waals surface area contributed by atoms with Gasteiger partial charge in [-0.1, -0.05) is 6.42 Å². The molecular weight excluding hydrogens is 366 g/mol. The minimum atomic E-state index is -3.78. The van der Waals surface area contributed by atoms with Gasteiger partial charge in [0.15, 0.2) is 0 Å². The second kappa shape index (κ2) is 6.91. The van der Waals surface area contributed by atoms with Crippen molar-refractivity contribution in [1.82, 2.24) is 9.80 Å². The second-order valence-corrected chi connectivity index (χ2v) is 9.56. The number of amides is 2. The lowest BCUT2D eigenvalue weighted by atomic mass is 9.83. The van der Waals surface area contributed by atoms with E-state index in [0.29, 0.717) is 24.6 Å². The molecule has 2 N–H and O–H groups in total. The molecule has 2 bridgehead atoms. The Hall–Kier alpha value is -1.93. The molecule has 146 valence electrons. The highest BCUT2D eigenvalue weighted by molar-refractivity contribution is 7.89. The maximum atomic E-state index is 13.0. The molecule has 2 amide bonds. The van der Waals surface area contributed by atoms with Gasteiger partial charge in [-0.25, -0.2) is 13.6 Å². The molecule has 4 fully saturated rings. The Labute approximate surface area is 159 Å². The summed E-state index contributed by atoms with van der Waals surface area (Å²) in [7, 11) is -3.78. The van der Waals surface area contributed by atoms with Crippen LogP contribution in [0, 0.1) is 11.8 Å². The third kappa shape index (κ3) is 3.60. The fourth-order valence-corrected chi connectivity index (χ4v) is 4.89. The Bertz CT molecular complexity index is 848. The van der Waals surface area contributed by atoms with Crippen LogP contribution in [-0.4, -0.2) is 55.7 Å². The lowest BCUT2D eigenvalue weighted by molar-refractivity contribution is -0.141. The summed E-state index contributed by atoms with van der Waals surface area (Å²) in [5.74, 6) is 0.517.